The molecule has 1 aromatic rings. The lowest BCUT2D eigenvalue weighted by molar-refractivity contribution is -0.0353. The summed E-state index contributed by atoms with van der Waals surface area (Å²) in [5.41, 5.74) is -0.375. The van der Waals surface area contributed by atoms with Gasteiger partial charge in [-0.15, -0.1) is 0 Å². The monoisotopic (exact) mass is 325 g/mol. The number of hydrogen-bond donors (Lipinski definition) is 0. The van der Waals surface area contributed by atoms with Gasteiger partial charge in [-0.05, 0) is 31.9 Å². The molecule has 122 valence electrons. The van der Waals surface area contributed by atoms with Crippen LogP contribution in [0.4, 0.5) is 0 Å². The van der Waals surface area contributed by atoms with Crippen molar-refractivity contribution in [3.63, 3.8) is 0 Å². The molecule has 2 atom stereocenters. The maximum Gasteiger partial charge on any atom is 0.243 e. The van der Waals surface area contributed by atoms with Gasteiger partial charge >= 0.3 is 0 Å². The first kappa shape index (κ1) is 15.9. The van der Waals surface area contributed by atoms with E-state index in [1.54, 1.807) is 28.6 Å². The molecule has 0 radical (unpaired) electrons. The molecule has 0 aromatic heterocycles. The number of benzene rings is 1. The Balaban J connectivity index is 1.76. The molecular weight excluding hydrogens is 302 g/mol. The fourth-order valence-electron chi connectivity index (χ4n) is 3.43. The molecule has 5 nitrogen and oxygen atoms in total. The maximum atomic E-state index is 12.8. The van der Waals surface area contributed by atoms with Crippen molar-refractivity contribution >= 4 is 10.0 Å². The molecule has 2 saturated heterocycles. The van der Waals surface area contributed by atoms with Gasteiger partial charge in [-0.1, -0.05) is 18.2 Å². The summed E-state index contributed by atoms with van der Waals surface area (Å²) >= 11 is 0. The molecule has 0 aliphatic carbocycles. The van der Waals surface area contributed by atoms with Crippen molar-refractivity contribution in [2.24, 2.45) is 0 Å². The zero-order chi connectivity index (χ0) is 15.6. The van der Waals surface area contributed by atoms with Crippen molar-refractivity contribution in [2.75, 3.05) is 26.3 Å². The number of nitrogens with zero attached hydrogens (tertiary/aromatic N) is 1. The van der Waals surface area contributed by atoms with Gasteiger partial charge in [0, 0.05) is 26.1 Å². The molecule has 2 aliphatic rings. The van der Waals surface area contributed by atoms with Crippen molar-refractivity contribution in [2.45, 2.75) is 42.8 Å². The minimum absolute atomic E-state index is 0.0874. The van der Waals surface area contributed by atoms with E-state index >= 15 is 0 Å². The molecule has 22 heavy (non-hydrogen) atoms. The van der Waals surface area contributed by atoms with Crippen molar-refractivity contribution < 1.29 is 17.9 Å². The van der Waals surface area contributed by atoms with Crippen LogP contribution in [0.3, 0.4) is 0 Å². The van der Waals surface area contributed by atoms with Crippen molar-refractivity contribution in [3.05, 3.63) is 30.3 Å². The standard InChI is InChI=1S/C16H23NO4S/c1-2-20-14-11-16(21-12-14)9-6-10-17(13-16)22(18,19)15-7-4-3-5-8-15/h3-5,7-8,14H,2,6,9-13H2,1H3/t14-,16+/m1/s1. The van der Waals surface area contributed by atoms with Crippen LogP contribution in [0.2, 0.25) is 0 Å². The molecule has 0 amide bonds. The van der Waals surface area contributed by atoms with Gasteiger partial charge in [0.2, 0.25) is 10.0 Å². The number of hydrogen-bond acceptors (Lipinski definition) is 4. The fraction of sp³-hybridized carbons (Fsp3) is 0.625. The maximum absolute atomic E-state index is 12.8. The van der Waals surface area contributed by atoms with Crippen LogP contribution in [-0.2, 0) is 19.5 Å². The highest BCUT2D eigenvalue weighted by Crippen LogP contribution is 2.37. The van der Waals surface area contributed by atoms with E-state index in [9.17, 15) is 8.42 Å². The molecular formula is C16H23NO4S. The van der Waals surface area contributed by atoms with Gasteiger partial charge in [0.15, 0.2) is 0 Å². The molecule has 0 N–H and O–H groups in total. The predicted octanol–water partition coefficient (Wildman–Crippen LogP) is 2.04. The minimum Gasteiger partial charge on any atom is -0.376 e. The summed E-state index contributed by atoms with van der Waals surface area (Å²) in [7, 11) is -3.44. The predicted molar refractivity (Wildman–Crippen MR) is 83.1 cm³/mol. The zero-order valence-electron chi connectivity index (χ0n) is 12.9. The van der Waals surface area contributed by atoms with Crippen LogP contribution >= 0.6 is 0 Å². The van der Waals surface area contributed by atoms with E-state index in [0.717, 1.165) is 19.3 Å². The van der Waals surface area contributed by atoms with Crippen molar-refractivity contribution in [1.82, 2.24) is 4.31 Å². The first-order valence-electron chi connectivity index (χ1n) is 7.86. The van der Waals surface area contributed by atoms with E-state index in [2.05, 4.69) is 0 Å². The van der Waals surface area contributed by atoms with E-state index in [4.69, 9.17) is 9.47 Å². The quantitative estimate of drug-likeness (QED) is 0.850. The molecule has 2 fully saturated rings. The van der Waals surface area contributed by atoms with E-state index in [0.29, 0.717) is 31.2 Å². The van der Waals surface area contributed by atoms with Crippen LogP contribution < -0.4 is 0 Å². The van der Waals surface area contributed by atoms with E-state index in [-0.39, 0.29) is 11.7 Å². The van der Waals surface area contributed by atoms with Gasteiger partial charge < -0.3 is 9.47 Å². The second kappa shape index (κ2) is 6.28. The Labute approximate surface area is 132 Å². The molecule has 3 rings (SSSR count). The second-order valence-electron chi connectivity index (χ2n) is 6.03. The highest BCUT2D eigenvalue weighted by molar-refractivity contribution is 7.89. The van der Waals surface area contributed by atoms with Gasteiger partial charge in [-0.2, -0.15) is 4.31 Å². The third kappa shape index (κ3) is 3.06. The summed E-state index contributed by atoms with van der Waals surface area (Å²) in [5.74, 6) is 0. The molecule has 6 heteroatoms. The zero-order valence-corrected chi connectivity index (χ0v) is 13.7. The van der Waals surface area contributed by atoms with Gasteiger partial charge in [-0.3, -0.25) is 0 Å². The Hall–Kier alpha value is -0.950. The molecule has 2 heterocycles. The third-order valence-electron chi connectivity index (χ3n) is 4.46. The fourth-order valence-corrected chi connectivity index (χ4v) is 5.01. The Morgan fingerprint density at radius 3 is 2.86 bits per heavy atom. The van der Waals surface area contributed by atoms with Crippen molar-refractivity contribution in [3.8, 4) is 0 Å². The van der Waals surface area contributed by atoms with Crippen molar-refractivity contribution in [1.29, 1.82) is 0 Å². The summed E-state index contributed by atoms with van der Waals surface area (Å²) in [5, 5.41) is 0. The van der Waals surface area contributed by atoms with Gasteiger partial charge in [-0.25, -0.2) is 8.42 Å². The van der Waals surface area contributed by atoms with Crippen LogP contribution in [0.15, 0.2) is 35.2 Å². The van der Waals surface area contributed by atoms with Crippen LogP contribution in [-0.4, -0.2) is 50.7 Å². The molecule has 1 spiro atoms. The highest BCUT2D eigenvalue weighted by Gasteiger charge is 2.46. The smallest absolute Gasteiger partial charge is 0.243 e. The van der Waals surface area contributed by atoms with Crippen LogP contribution in [0.5, 0.6) is 0 Å². The first-order chi connectivity index (χ1) is 10.6. The van der Waals surface area contributed by atoms with E-state index < -0.39 is 10.0 Å². The number of piperidine rings is 1. The van der Waals surface area contributed by atoms with Gasteiger partial charge in [0.05, 0.1) is 23.2 Å². The molecule has 0 bridgehead atoms. The van der Waals surface area contributed by atoms with E-state index in [1.807, 2.05) is 13.0 Å². The summed E-state index contributed by atoms with van der Waals surface area (Å²) in [6, 6.07) is 8.63. The topological polar surface area (TPSA) is 55.8 Å². The average molecular weight is 325 g/mol. The second-order valence-corrected chi connectivity index (χ2v) is 7.97. The average Bonchev–Trinajstić information content (AvgIpc) is 2.91. The highest BCUT2D eigenvalue weighted by atomic mass is 32.2. The SMILES string of the molecule is CCO[C@H]1CO[C@@]2(CCCN(S(=O)(=O)c3ccccc3)C2)C1. The van der Waals surface area contributed by atoms with E-state index in [1.165, 1.54) is 0 Å². The lowest BCUT2D eigenvalue weighted by Gasteiger charge is -2.38. The molecule has 0 saturated carbocycles. The number of ether oxygens (including phenoxy) is 2. The number of rotatable bonds is 4. The third-order valence-corrected chi connectivity index (χ3v) is 6.32. The minimum atomic E-state index is -3.44. The number of sulfonamides is 1. The van der Waals surface area contributed by atoms with Crippen LogP contribution in [0.1, 0.15) is 26.2 Å². The Bertz CT molecular complexity index is 604. The largest absolute Gasteiger partial charge is 0.376 e. The molecule has 0 unspecified atom stereocenters. The Morgan fingerprint density at radius 1 is 1.36 bits per heavy atom. The lowest BCUT2D eigenvalue weighted by Crippen LogP contribution is -2.50. The summed E-state index contributed by atoms with van der Waals surface area (Å²) in [6.45, 7) is 4.18. The summed E-state index contributed by atoms with van der Waals surface area (Å²) in [4.78, 5) is 0.353. The van der Waals surface area contributed by atoms with Crippen LogP contribution in [0, 0.1) is 0 Å². The normalized spacial score (nSPS) is 30.0. The Kier molecular flexibility index (Phi) is 4.54. The molecule has 2 aliphatic heterocycles. The van der Waals surface area contributed by atoms with Gasteiger partial charge in [0.25, 0.3) is 0 Å². The summed E-state index contributed by atoms with van der Waals surface area (Å²) < 4.78 is 38.7. The molecule has 1 aromatic carbocycles. The summed E-state index contributed by atoms with van der Waals surface area (Å²) in [6.07, 6.45) is 2.59. The first-order valence-corrected chi connectivity index (χ1v) is 9.30. The van der Waals surface area contributed by atoms with Crippen LogP contribution in [0.25, 0.3) is 0 Å². The lowest BCUT2D eigenvalue weighted by atomic mass is 9.90. The Morgan fingerprint density at radius 2 is 2.14 bits per heavy atom. The van der Waals surface area contributed by atoms with Gasteiger partial charge in [0.1, 0.15) is 0 Å².